The maximum absolute atomic E-state index is 11.2. The number of nitrogens with zero attached hydrogens (tertiary/aromatic N) is 2. The molecule has 2 N–H and O–H groups in total. The van der Waals surface area contributed by atoms with Gasteiger partial charge in [-0.25, -0.2) is 0 Å². The molecule has 40 heavy (non-hydrogen) atoms. The van der Waals surface area contributed by atoms with Crippen LogP contribution in [-0.2, 0) is 21.7 Å². The lowest BCUT2D eigenvalue weighted by Gasteiger charge is -2.27. The summed E-state index contributed by atoms with van der Waals surface area (Å²) in [4.78, 5) is 9.94. The number of rotatable bonds is 4. The second kappa shape index (κ2) is 11.3. The average Bonchev–Trinajstić information content (AvgIpc) is 2.80. The molecule has 0 radical (unpaired) electrons. The first-order valence-corrected chi connectivity index (χ1v) is 15.0. The van der Waals surface area contributed by atoms with Crippen LogP contribution in [0.25, 0.3) is 0 Å². The van der Waals surface area contributed by atoms with Gasteiger partial charge in [-0.1, -0.05) is 95.2 Å². The minimum Gasteiger partial charge on any atom is -0.507 e. The first-order chi connectivity index (χ1) is 18.2. The molecule has 0 aliphatic heterocycles. The van der Waals surface area contributed by atoms with E-state index in [1.165, 1.54) is 11.1 Å². The summed E-state index contributed by atoms with van der Waals surface area (Å²) in [5.41, 5.74) is 5.53. The third-order valence-corrected chi connectivity index (χ3v) is 8.09. The van der Waals surface area contributed by atoms with Gasteiger partial charge in [-0.05, 0) is 70.6 Å². The van der Waals surface area contributed by atoms with E-state index in [-0.39, 0.29) is 33.7 Å². The Morgan fingerprint density at radius 3 is 1.23 bits per heavy atom. The van der Waals surface area contributed by atoms with Gasteiger partial charge in [0.2, 0.25) is 0 Å². The molecule has 0 aromatic heterocycles. The largest absolute Gasteiger partial charge is 0.507 e. The fourth-order valence-electron chi connectivity index (χ4n) is 5.30. The second-order valence-corrected chi connectivity index (χ2v) is 16.0. The molecular formula is C36H54N2O2. The number of phenols is 2. The first kappa shape index (κ1) is 31.9. The third-order valence-electron chi connectivity index (χ3n) is 8.09. The summed E-state index contributed by atoms with van der Waals surface area (Å²) < 4.78 is 0. The van der Waals surface area contributed by atoms with Crippen molar-refractivity contribution in [2.75, 3.05) is 0 Å². The molecule has 0 heterocycles. The van der Waals surface area contributed by atoms with Gasteiger partial charge in [-0.2, -0.15) is 0 Å². The number of aromatic hydroxyl groups is 2. The highest BCUT2D eigenvalue weighted by Crippen LogP contribution is 2.39. The van der Waals surface area contributed by atoms with Gasteiger partial charge >= 0.3 is 0 Å². The zero-order valence-electron chi connectivity index (χ0n) is 27.2. The smallest absolute Gasteiger partial charge is 0.128 e. The summed E-state index contributed by atoms with van der Waals surface area (Å²) in [6.07, 6.45) is 7.73. The van der Waals surface area contributed by atoms with Gasteiger partial charge in [0.1, 0.15) is 11.5 Å². The summed E-state index contributed by atoms with van der Waals surface area (Å²) in [5, 5.41) is 22.3. The van der Waals surface area contributed by atoms with E-state index in [1.54, 1.807) is 0 Å². The highest BCUT2D eigenvalue weighted by atomic mass is 16.3. The van der Waals surface area contributed by atoms with Crippen molar-refractivity contribution in [2.45, 2.75) is 143 Å². The van der Waals surface area contributed by atoms with Gasteiger partial charge in [-0.3, -0.25) is 9.98 Å². The molecule has 220 valence electrons. The van der Waals surface area contributed by atoms with Crippen LogP contribution in [0, 0.1) is 0 Å². The second-order valence-electron chi connectivity index (χ2n) is 16.0. The Labute approximate surface area is 244 Å². The molecule has 2 aromatic carbocycles. The lowest BCUT2D eigenvalue weighted by atomic mass is 9.79. The molecule has 0 amide bonds. The van der Waals surface area contributed by atoms with Crippen LogP contribution in [-0.4, -0.2) is 34.7 Å². The molecule has 2 atom stereocenters. The Bertz CT molecular complexity index is 1160. The van der Waals surface area contributed by atoms with Crippen LogP contribution in [0.4, 0.5) is 0 Å². The van der Waals surface area contributed by atoms with Gasteiger partial charge in [-0.15, -0.1) is 0 Å². The van der Waals surface area contributed by atoms with Crippen LogP contribution in [0.1, 0.15) is 142 Å². The number of hydrogen-bond donors (Lipinski definition) is 2. The van der Waals surface area contributed by atoms with Crippen LogP contribution in [0.3, 0.4) is 0 Å². The standard InChI is InChI=1S/C36H54N2O2/c1-33(2,3)25-16-23(31(39)29(18-25)35(7,8)9)21-37-27-14-13-15-28(20-27)38-22-24-17-26(34(4,5)6)19-30(32(24)40)36(10,11)12/h16-19,21-22,27-28,39-40H,13-15,20H2,1-12H3/t27-,28-/m1/s1. The number of benzene rings is 2. The van der Waals surface area contributed by atoms with E-state index in [0.29, 0.717) is 11.5 Å². The lowest BCUT2D eigenvalue weighted by Crippen LogP contribution is -2.22. The molecule has 0 unspecified atom stereocenters. The van der Waals surface area contributed by atoms with E-state index in [0.717, 1.165) is 47.9 Å². The Balaban J connectivity index is 1.87. The average molecular weight is 547 g/mol. The van der Waals surface area contributed by atoms with Crippen molar-refractivity contribution in [3.63, 3.8) is 0 Å². The van der Waals surface area contributed by atoms with Crippen molar-refractivity contribution >= 4 is 12.4 Å². The summed E-state index contributed by atoms with van der Waals surface area (Å²) in [7, 11) is 0. The predicted octanol–water partition coefficient (Wildman–Crippen LogP) is 9.14. The van der Waals surface area contributed by atoms with Crippen molar-refractivity contribution in [1.29, 1.82) is 0 Å². The molecule has 1 aliphatic carbocycles. The summed E-state index contributed by atoms with van der Waals surface area (Å²) in [6, 6.07) is 8.78. The molecule has 4 heteroatoms. The molecule has 1 aliphatic rings. The molecule has 1 fully saturated rings. The molecule has 2 aromatic rings. The minimum absolute atomic E-state index is 0.0242. The Morgan fingerprint density at radius 1 is 0.575 bits per heavy atom. The molecule has 1 saturated carbocycles. The fraction of sp³-hybridized carbons (Fsp3) is 0.611. The summed E-state index contributed by atoms with van der Waals surface area (Å²) in [6.45, 7) is 26.1. The van der Waals surface area contributed by atoms with Crippen molar-refractivity contribution in [3.8, 4) is 11.5 Å². The van der Waals surface area contributed by atoms with Crippen molar-refractivity contribution in [3.05, 3.63) is 57.6 Å². The van der Waals surface area contributed by atoms with Crippen LogP contribution in [0.5, 0.6) is 11.5 Å². The predicted molar refractivity (Wildman–Crippen MR) is 172 cm³/mol. The third kappa shape index (κ3) is 7.77. The highest BCUT2D eigenvalue weighted by molar-refractivity contribution is 5.86. The van der Waals surface area contributed by atoms with Crippen LogP contribution >= 0.6 is 0 Å². The van der Waals surface area contributed by atoms with Crippen molar-refractivity contribution < 1.29 is 10.2 Å². The normalized spacial score (nSPS) is 19.6. The highest BCUT2D eigenvalue weighted by Gasteiger charge is 2.27. The molecule has 4 nitrogen and oxygen atoms in total. The van der Waals surface area contributed by atoms with Crippen molar-refractivity contribution in [2.24, 2.45) is 9.98 Å². The Hall–Kier alpha value is -2.62. The SMILES string of the molecule is CC(C)(C)c1cc(C=N[C@@H]2CCC[C@@H](N=Cc3cc(C(C)(C)C)cc(C(C)(C)C)c3O)C2)c(O)c(C(C)(C)C)c1. The molecule has 0 spiro atoms. The van der Waals surface area contributed by atoms with E-state index in [2.05, 4.69) is 107 Å². The zero-order valence-corrected chi connectivity index (χ0v) is 27.2. The molecule has 0 saturated heterocycles. The number of hydrogen-bond acceptors (Lipinski definition) is 4. The Kier molecular flexibility index (Phi) is 9.04. The quantitative estimate of drug-likeness (QED) is 0.376. The van der Waals surface area contributed by atoms with Crippen LogP contribution in [0.2, 0.25) is 0 Å². The van der Waals surface area contributed by atoms with Gasteiger partial charge in [0, 0.05) is 34.7 Å². The van der Waals surface area contributed by atoms with E-state index >= 15 is 0 Å². The number of aliphatic imine (C=N–C) groups is 2. The van der Waals surface area contributed by atoms with Crippen LogP contribution in [0.15, 0.2) is 34.3 Å². The van der Waals surface area contributed by atoms with Gasteiger partial charge < -0.3 is 10.2 Å². The summed E-state index contributed by atoms with van der Waals surface area (Å²) in [5.74, 6) is 0.664. The zero-order chi connectivity index (χ0) is 30.3. The fourth-order valence-corrected chi connectivity index (χ4v) is 5.30. The van der Waals surface area contributed by atoms with Crippen LogP contribution < -0.4 is 0 Å². The van der Waals surface area contributed by atoms with E-state index in [9.17, 15) is 10.2 Å². The van der Waals surface area contributed by atoms with E-state index in [4.69, 9.17) is 9.98 Å². The molecule has 3 rings (SSSR count). The van der Waals surface area contributed by atoms with Crippen molar-refractivity contribution in [1.82, 2.24) is 0 Å². The first-order valence-electron chi connectivity index (χ1n) is 15.0. The van der Waals surface area contributed by atoms with Gasteiger partial charge in [0.05, 0.1) is 12.1 Å². The topological polar surface area (TPSA) is 65.2 Å². The molecular weight excluding hydrogens is 492 g/mol. The lowest BCUT2D eigenvalue weighted by molar-refractivity contribution is 0.397. The summed E-state index contributed by atoms with van der Waals surface area (Å²) >= 11 is 0. The maximum atomic E-state index is 11.2. The maximum Gasteiger partial charge on any atom is 0.128 e. The van der Waals surface area contributed by atoms with E-state index in [1.807, 2.05) is 12.4 Å². The Morgan fingerprint density at radius 2 is 0.925 bits per heavy atom. The minimum atomic E-state index is -0.165. The monoisotopic (exact) mass is 546 g/mol. The van der Waals surface area contributed by atoms with E-state index < -0.39 is 0 Å². The van der Waals surface area contributed by atoms with Gasteiger partial charge in [0.15, 0.2) is 0 Å². The molecule has 0 bridgehead atoms. The van der Waals surface area contributed by atoms with Gasteiger partial charge in [0.25, 0.3) is 0 Å². The number of phenolic OH excluding ortho intramolecular Hbond substituents is 2.